The van der Waals surface area contributed by atoms with Crippen LogP contribution in [0.4, 0.5) is 0 Å². The molecule has 0 aliphatic rings. The molecule has 0 amide bonds. The van der Waals surface area contributed by atoms with Crippen LogP contribution >= 0.6 is 0 Å². The predicted molar refractivity (Wildman–Crippen MR) is 68.3 cm³/mol. The maximum Gasteiger partial charge on any atom is 0.137 e. The summed E-state index contributed by atoms with van der Waals surface area (Å²) in [5, 5.41) is 4.51. The quantitative estimate of drug-likeness (QED) is 0.753. The molecule has 2 heterocycles. The smallest absolute Gasteiger partial charge is 0.137 e. The number of nitrogens with zero attached hydrogens (tertiary/aromatic N) is 1. The first kappa shape index (κ1) is 10.9. The monoisotopic (exact) mass is 215 g/mol. The van der Waals surface area contributed by atoms with Gasteiger partial charge in [0.1, 0.15) is 5.65 Å². The molecule has 0 fully saturated rings. The fourth-order valence-electron chi connectivity index (χ4n) is 1.66. The van der Waals surface area contributed by atoms with Crippen LogP contribution in [0, 0.1) is 0 Å². The van der Waals surface area contributed by atoms with Gasteiger partial charge in [0.05, 0.1) is 0 Å². The fraction of sp³-hybridized carbons (Fsp3) is 0.308. The molecule has 0 saturated carbocycles. The Morgan fingerprint density at radius 2 is 2.44 bits per heavy atom. The van der Waals surface area contributed by atoms with Crippen LogP contribution in [0.2, 0.25) is 0 Å². The van der Waals surface area contributed by atoms with E-state index in [0.717, 1.165) is 18.7 Å². The van der Waals surface area contributed by atoms with Crippen LogP contribution in [0.25, 0.3) is 17.1 Å². The number of aromatic nitrogens is 2. The van der Waals surface area contributed by atoms with E-state index in [9.17, 15) is 0 Å². The number of nitrogens with one attached hydrogen (secondary N) is 2. The van der Waals surface area contributed by atoms with Crippen LogP contribution < -0.4 is 5.32 Å². The van der Waals surface area contributed by atoms with Gasteiger partial charge in [-0.1, -0.05) is 19.1 Å². The van der Waals surface area contributed by atoms with Crippen LogP contribution in [-0.2, 0) is 0 Å². The van der Waals surface area contributed by atoms with Crippen molar-refractivity contribution in [3.8, 4) is 0 Å². The third kappa shape index (κ3) is 2.49. The Kier molecular flexibility index (Phi) is 3.72. The van der Waals surface area contributed by atoms with E-state index < -0.39 is 0 Å². The zero-order chi connectivity index (χ0) is 11.2. The largest absolute Gasteiger partial charge is 0.346 e. The number of H-pyrrole nitrogens is 1. The minimum Gasteiger partial charge on any atom is -0.346 e. The summed E-state index contributed by atoms with van der Waals surface area (Å²) in [5.41, 5.74) is 2.14. The lowest BCUT2D eigenvalue weighted by Gasteiger charge is -1.95. The maximum absolute atomic E-state index is 4.25. The highest BCUT2D eigenvalue weighted by Gasteiger charge is 1.99. The van der Waals surface area contributed by atoms with E-state index in [-0.39, 0.29) is 0 Å². The van der Waals surface area contributed by atoms with Crippen molar-refractivity contribution in [1.29, 1.82) is 0 Å². The fourth-order valence-corrected chi connectivity index (χ4v) is 1.66. The molecular formula is C13H17N3. The standard InChI is InChI=1S/C13H17N3/c1-2-7-14-8-3-5-11-10-16-13-12(11)6-4-9-15-13/h3-6,9-10,14H,2,7-8H2,1H3,(H,15,16). The van der Waals surface area contributed by atoms with Crippen molar-refractivity contribution < 1.29 is 0 Å². The number of fused-ring (bicyclic) bond motifs is 1. The summed E-state index contributed by atoms with van der Waals surface area (Å²) >= 11 is 0. The molecule has 0 aliphatic heterocycles. The Morgan fingerprint density at radius 1 is 1.50 bits per heavy atom. The van der Waals surface area contributed by atoms with Gasteiger partial charge in [-0.25, -0.2) is 4.98 Å². The average molecular weight is 215 g/mol. The molecule has 84 valence electrons. The van der Waals surface area contributed by atoms with Gasteiger partial charge in [0.15, 0.2) is 0 Å². The first-order chi connectivity index (χ1) is 7.92. The van der Waals surface area contributed by atoms with Crippen molar-refractivity contribution >= 4 is 17.1 Å². The van der Waals surface area contributed by atoms with Gasteiger partial charge < -0.3 is 10.3 Å². The third-order valence-corrected chi connectivity index (χ3v) is 2.47. The van der Waals surface area contributed by atoms with Crippen LogP contribution in [0.3, 0.4) is 0 Å². The summed E-state index contributed by atoms with van der Waals surface area (Å²) in [7, 11) is 0. The van der Waals surface area contributed by atoms with Gasteiger partial charge in [-0.05, 0) is 25.1 Å². The van der Waals surface area contributed by atoms with Crippen molar-refractivity contribution in [3.05, 3.63) is 36.2 Å². The van der Waals surface area contributed by atoms with Gasteiger partial charge in [0.25, 0.3) is 0 Å². The molecule has 3 heteroatoms. The highest BCUT2D eigenvalue weighted by molar-refractivity contribution is 5.85. The minimum absolute atomic E-state index is 0.917. The van der Waals surface area contributed by atoms with E-state index >= 15 is 0 Å². The van der Waals surface area contributed by atoms with Crippen LogP contribution in [0.1, 0.15) is 18.9 Å². The van der Waals surface area contributed by atoms with E-state index in [1.807, 2.05) is 12.3 Å². The first-order valence-corrected chi connectivity index (χ1v) is 5.71. The number of hydrogen-bond acceptors (Lipinski definition) is 2. The summed E-state index contributed by atoms with van der Waals surface area (Å²) in [4.78, 5) is 7.41. The zero-order valence-corrected chi connectivity index (χ0v) is 9.53. The Bertz CT molecular complexity index is 471. The van der Waals surface area contributed by atoms with Crippen molar-refractivity contribution in [1.82, 2.24) is 15.3 Å². The molecule has 0 atom stereocenters. The summed E-state index contributed by atoms with van der Waals surface area (Å²) in [6.07, 6.45) is 9.24. The molecule has 2 N–H and O–H groups in total. The number of aromatic amines is 1. The molecule has 0 aliphatic carbocycles. The van der Waals surface area contributed by atoms with Crippen LogP contribution in [-0.4, -0.2) is 23.1 Å². The van der Waals surface area contributed by atoms with Gasteiger partial charge in [0, 0.05) is 29.9 Å². The van der Waals surface area contributed by atoms with Gasteiger partial charge in [-0.15, -0.1) is 0 Å². The van der Waals surface area contributed by atoms with Gasteiger partial charge in [0.2, 0.25) is 0 Å². The molecule has 0 aromatic carbocycles. The Balaban J connectivity index is 2.04. The Hall–Kier alpha value is -1.61. The lowest BCUT2D eigenvalue weighted by atomic mass is 10.2. The van der Waals surface area contributed by atoms with Crippen molar-refractivity contribution in [3.63, 3.8) is 0 Å². The lowest BCUT2D eigenvalue weighted by molar-refractivity contribution is 0.730. The number of hydrogen-bond donors (Lipinski definition) is 2. The van der Waals surface area contributed by atoms with Gasteiger partial charge in [-0.2, -0.15) is 0 Å². The number of pyridine rings is 1. The van der Waals surface area contributed by atoms with Gasteiger partial charge in [-0.3, -0.25) is 0 Å². The number of rotatable bonds is 5. The highest BCUT2D eigenvalue weighted by Crippen LogP contribution is 2.16. The minimum atomic E-state index is 0.917. The summed E-state index contributed by atoms with van der Waals surface area (Å²) in [6.45, 7) is 4.16. The molecule has 0 unspecified atom stereocenters. The summed E-state index contributed by atoms with van der Waals surface area (Å²) < 4.78 is 0. The summed E-state index contributed by atoms with van der Waals surface area (Å²) in [6, 6.07) is 4.04. The molecule has 2 aromatic rings. The molecule has 3 nitrogen and oxygen atoms in total. The Labute approximate surface area is 95.6 Å². The van der Waals surface area contributed by atoms with Crippen molar-refractivity contribution in [2.24, 2.45) is 0 Å². The molecule has 16 heavy (non-hydrogen) atoms. The Morgan fingerprint density at radius 3 is 3.31 bits per heavy atom. The predicted octanol–water partition coefficient (Wildman–Crippen LogP) is 2.58. The molecule has 2 rings (SSSR count). The van der Waals surface area contributed by atoms with Crippen LogP contribution in [0.5, 0.6) is 0 Å². The normalized spacial score (nSPS) is 11.6. The molecule has 0 spiro atoms. The van der Waals surface area contributed by atoms with Gasteiger partial charge >= 0.3 is 0 Å². The molecule has 0 radical (unpaired) electrons. The van der Waals surface area contributed by atoms with Crippen molar-refractivity contribution in [2.75, 3.05) is 13.1 Å². The highest BCUT2D eigenvalue weighted by atomic mass is 14.8. The first-order valence-electron chi connectivity index (χ1n) is 5.71. The van der Waals surface area contributed by atoms with E-state index in [0.29, 0.717) is 0 Å². The van der Waals surface area contributed by atoms with E-state index in [1.165, 1.54) is 17.4 Å². The second-order valence-electron chi connectivity index (χ2n) is 3.75. The maximum atomic E-state index is 4.25. The third-order valence-electron chi connectivity index (χ3n) is 2.47. The second kappa shape index (κ2) is 5.47. The molecule has 0 saturated heterocycles. The summed E-state index contributed by atoms with van der Waals surface area (Å²) in [5.74, 6) is 0. The molecule has 2 aromatic heterocycles. The lowest BCUT2D eigenvalue weighted by Crippen LogP contribution is -2.13. The van der Waals surface area contributed by atoms with E-state index in [4.69, 9.17) is 0 Å². The second-order valence-corrected chi connectivity index (χ2v) is 3.75. The zero-order valence-electron chi connectivity index (χ0n) is 9.53. The SMILES string of the molecule is CCCNCC=Cc1c[nH]c2ncccc12. The van der Waals surface area contributed by atoms with Crippen molar-refractivity contribution in [2.45, 2.75) is 13.3 Å². The van der Waals surface area contributed by atoms with E-state index in [2.05, 4.69) is 40.4 Å². The molecule has 0 bridgehead atoms. The average Bonchev–Trinajstić information content (AvgIpc) is 2.73. The van der Waals surface area contributed by atoms with E-state index in [1.54, 1.807) is 6.20 Å². The van der Waals surface area contributed by atoms with Crippen LogP contribution in [0.15, 0.2) is 30.6 Å². The molecular weight excluding hydrogens is 198 g/mol. The topological polar surface area (TPSA) is 40.7 Å².